The SMILES string of the molecule is CC(CN)C1=CCCCCC1. The highest BCUT2D eigenvalue weighted by Crippen LogP contribution is 2.22. The van der Waals surface area contributed by atoms with Crippen molar-refractivity contribution in [3.05, 3.63) is 11.6 Å². The summed E-state index contributed by atoms with van der Waals surface area (Å²) in [5.41, 5.74) is 7.21. The van der Waals surface area contributed by atoms with Crippen LogP contribution in [0.15, 0.2) is 11.6 Å². The van der Waals surface area contributed by atoms with E-state index in [-0.39, 0.29) is 0 Å². The molecule has 1 aliphatic rings. The maximum absolute atomic E-state index is 5.61. The molecule has 1 nitrogen and oxygen atoms in total. The molecule has 0 aromatic carbocycles. The number of hydrogen-bond donors (Lipinski definition) is 1. The largest absolute Gasteiger partial charge is 0.330 e. The van der Waals surface area contributed by atoms with E-state index in [0.717, 1.165) is 6.54 Å². The van der Waals surface area contributed by atoms with Gasteiger partial charge in [0.25, 0.3) is 0 Å². The molecule has 0 saturated heterocycles. The molecular formula is C10H19N. The Balaban J connectivity index is 2.46. The maximum atomic E-state index is 5.61. The Morgan fingerprint density at radius 1 is 1.45 bits per heavy atom. The number of rotatable bonds is 2. The fraction of sp³-hybridized carbons (Fsp3) is 0.800. The lowest BCUT2D eigenvalue weighted by Crippen LogP contribution is -2.12. The molecule has 0 fully saturated rings. The first-order chi connectivity index (χ1) is 5.34. The van der Waals surface area contributed by atoms with Gasteiger partial charge in [-0.25, -0.2) is 0 Å². The molecule has 2 N–H and O–H groups in total. The zero-order chi connectivity index (χ0) is 8.10. The molecule has 1 rings (SSSR count). The molecule has 11 heavy (non-hydrogen) atoms. The number of nitrogens with two attached hydrogens (primary N) is 1. The molecule has 1 heteroatoms. The fourth-order valence-electron chi connectivity index (χ4n) is 1.64. The van der Waals surface area contributed by atoms with Gasteiger partial charge in [-0.05, 0) is 38.1 Å². The van der Waals surface area contributed by atoms with E-state index in [2.05, 4.69) is 13.0 Å². The predicted molar refractivity (Wildman–Crippen MR) is 49.4 cm³/mol. The van der Waals surface area contributed by atoms with Crippen LogP contribution >= 0.6 is 0 Å². The van der Waals surface area contributed by atoms with Gasteiger partial charge in [-0.15, -0.1) is 0 Å². The zero-order valence-corrected chi connectivity index (χ0v) is 7.47. The van der Waals surface area contributed by atoms with Crippen molar-refractivity contribution in [3.8, 4) is 0 Å². The second kappa shape index (κ2) is 4.55. The van der Waals surface area contributed by atoms with E-state index in [1.165, 1.54) is 32.1 Å². The highest BCUT2D eigenvalue weighted by molar-refractivity contribution is 5.07. The molecule has 0 amide bonds. The van der Waals surface area contributed by atoms with Crippen LogP contribution in [0, 0.1) is 5.92 Å². The Kier molecular flexibility index (Phi) is 3.64. The smallest absolute Gasteiger partial charge is 0.00142 e. The molecule has 0 heterocycles. The van der Waals surface area contributed by atoms with E-state index in [0.29, 0.717) is 5.92 Å². The minimum Gasteiger partial charge on any atom is -0.330 e. The van der Waals surface area contributed by atoms with Crippen molar-refractivity contribution in [2.45, 2.75) is 39.0 Å². The van der Waals surface area contributed by atoms with Gasteiger partial charge in [0.15, 0.2) is 0 Å². The Morgan fingerprint density at radius 3 is 3.00 bits per heavy atom. The number of hydrogen-bond acceptors (Lipinski definition) is 1. The van der Waals surface area contributed by atoms with Crippen molar-refractivity contribution in [2.24, 2.45) is 11.7 Å². The molecule has 0 radical (unpaired) electrons. The van der Waals surface area contributed by atoms with Crippen LogP contribution < -0.4 is 5.73 Å². The second-order valence-electron chi connectivity index (χ2n) is 3.52. The molecular weight excluding hydrogens is 134 g/mol. The van der Waals surface area contributed by atoms with Crippen molar-refractivity contribution >= 4 is 0 Å². The summed E-state index contributed by atoms with van der Waals surface area (Å²) in [6.07, 6.45) is 9.12. The third kappa shape index (κ3) is 2.66. The summed E-state index contributed by atoms with van der Waals surface area (Å²) < 4.78 is 0. The molecule has 0 aromatic heterocycles. The lowest BCUT2D eigenvalue weighted by molar-refractivity contribution is 0.633. The predicted octanol–water partition coefficient (Wildman–Crippen LogP) is 2.47. The molecule has 0 spiro atoms. The van der Waals surface area contributed by atoms with Crippen LogP contribution in [0.5, 0.6) is 0 Å². The van der Waals surface area contributed by atoms with Gasteiger partial charge >= 0.3 is 0 Å². The van der Waals surface area contributed by atoms with E-state index in [9.17, 15) is 0 Å². The molecule has 0 saturated carbocycles. The van der Waals surface area contributed by atoms with Crippen molar-refractivity contribution in [1.29, 1.82) is 0 Å². The van der Waals surface area contributed by atoms with Gasteiger partial charge in [-0.2, -0.15) is 0 Å². The van der Waals surface area contributed by atoms with E-state index in [4.69, 9.17) is 5.73 Å². The quantitative estimate of drug-likeness (QED) is 0.606. The zero-order valence-electron chi connectivity index (χ0n) is 7.47. The monoisotopic (exact) mass is 153 g/mol. The average Bonchev–Trinajstić information content (AvgIpc) is 2.30. The van der Waals surface area contributed by atoms with Gasteiger partial charge in [0.05, 0.1) is 0 Å². The first-order valence-electron chi connectivity index (χ1n) is 4.73. The second-order valence-corrected chi connectivity index (χ2v) is 3.52. The molecule has 0 bridgehead atoms. The first-order valence-corrected chi connectivity index (χ1v) is 4.73. The number of allylic oxidation sites excluding steroid dienone is 1. The van der Waals surface area contributed by atoms with Crippen LogP contribution in [-0.2, 0) is 0 Å². The maximum Gasteiger partial charge on any atom is -0.00142 e. The lowest BCUT2D eigenvalue weighted by atomic mass is 9.97. The summed E-state index contributed by atoms with van der Waals surface area (Å²) in [6, 6.07) is 0. The van der Waals surface area contributed by atoms with Gasteiger partial charge in [0, 0.05) is 0 Å². The molecule has 1 atom stereocenters. The lowest BCUT2D eigenvalue weighted by Gasteiger charge is -2.11. The molecule has 1 aliphatic carbocycles. The van der Waals surface area contributed by atoms with E-state index in [1.807, 2.05) is 0 Å². The van der Waals surface area contributed by atoms with Gasteiger partial charge in [0.1, 0.15) is 0 Å². The summed E-state index contributed by atoms with van der Waals surface area (Å²) >= 11 is 0. The Hall–Kier alpha value is -0.300. The van der Waals surface area contributed by atoms with Gasteiger partial charge in [-0.1, -0.05) is 25.0 Å². The van der Waals surface area contributed by atoms with Gasteiger partial charge < -0.3 is 5.73 Å². The summed E-state index contributed by atoms with van der Waals surface area (Å²) in [4.78, 5) is 0. The molecule has 64 valence electrons. The van der Waals surface area contributed by atoms with Crippen molar-refractivity contribution in [3.63, 3.8) is 0 Å². The molecule has 0 aromatic rings. The van der Waals surface area contributed by atoms with Crippen LogP contribution in [0.25, 0.3) is 0 Å². The van der Waals surface area contributed by atoms with Crippen LogP contribution in [0.4, 0.5) is 0 Å². The van der Waals surface area contributed by atoms with E-state index >= 15 is 0 Å². The van der Waals surface area contributed by atoms with Crippen LogP contribution in [0.2, 0.25) is 0 Å². The van der Waals surface area contributed by atoms with Crippen molar-refractivity contribution in [1.82, 2.24) is 0 Å². The van der Waals surface area contributed by atoms with Crippen LogP contribution in [0.3, 0.4) is 0 Å². The third-order valence-electron chi connectivity index (χ3n) is 2.56. The Morgan fingerprint density at radius 2 is 2.27 bits per heavy atom. The van der Waals surface area contributed by atoms with Crippen molar-refractivity contribution in [2.75, 3.05) is 6.54 Å². The highest BCUT2D eigenvalue weighted by Gasteiger charge is 2.08. The summed E-state index contributed by atoms with van der Waals surface area (Å²) in [5, 5.41) is 0. The summed E-state index contributed by atoms with van der Waals surface area (Å²) in [6.45, 7) is 3.04. The third-order valence-corrected chi connectivity index (χ3v) is 2.56. The van der Waals surface area contributed by atoms with Crippen molar-refractivity contribution < 1.29 is 0 Å². The highest BCUT2D eigenvalue weighted by atomic mass is 14.5. The summed E-state index contributed by atoms with van der Waals surface area (Å²) in [7, 11) is 0. The van der Waals surface area contributed by atoms with Gasteiger partial charge in [-0.3, -0.25) is 0 Å². The minimum absolute atomic E-state index is 0.619. The Bertz CT molecular complexity index is 138. The fourth-order valence-corrected chi connectivity index (χ4v) is 1.64. The van der Waals surface area contributed by atoms with E-state index in [1.54, 1.807) is 5.57 Å². The van der Waals surface area contributed by atoms with Crippen LogP contribution in [-0.4, -0.2) is 6.54 Å². The summed E-state index contributed by atoms with van der Waals surface area (Å²) in [5.74, 6) is 0.619. The standard InChI is InChI=1S/C10H19N/c1-9(8-11)10-6-4-2-3-5-7-10/h6,9H,2-5,7-8,11H2,1H3. The normalized spacial score (nSPS) is 22.2. The topological polar surface area (TPSA) is 26.0 Å². The first kappa shape index (κ1) is 8.79. The minimum atomic E-state index is 0.619. The Labute approximate surface area is 69.7 Å². The van der Waals surface area contributed by atoms with Crippen LogP contribution in [0.1, 0.15) is 39.0 Å². The van der Waals surface area contributed by atoms with Gasteiger partial charge in [0.2, 0.25) is 0 Å². The average molecular weight is 153 g/mol. The molecule has 0 aliphatic heterocycles. The van der Waals surface area contributed by atoms with E-state index < -0.39 is 0 Å². The molecule has 1 unspecified atom stereocenters.